The van der Waals surface area contributed by atoms with E-state index < -0.39 is 0 Å². The van der Waals surface area contributed by atoms with Crippen LogP contribution in [0.2, 0.25) is 0 Å². The highest BCUT2D eigenvalue weighted by Crippen LogP contribution is 2.36. The van der Waals surface area contributed by atoms with Crippen LogP contribution >= 0.6 is 0 Å². The summed E-state index contributed by atoms with van der Waals surface area (Å²) in [7, 11) is 0. The van der Waals surface area contributed by atoms with Crippen molar-refractivity contribution >= 4 is 17.5 Å². The maximum absolute atomic E-state index is 4.81. The van der Waals surface area contributed by atoms with Crippen molar-refractivity contribution in [3.05, 3.63) is 77.0 Å². The van der Waals surface area contributed by atoms with Crippen molar-refractivity contribution in [3.63, 3.8) is 0 Å². The Kier molecular flexibility index (Phi) is 4.33. The Morgan fingerprint density at radius 1 is 1.04 bits per heavy atom. The summed E-state index contributed by atoms with van der Waals surface area (Å²) >= 11 is 0. The molecule has 0 spiro atoms. The SMILES string of the molecule is Cc1cccc(CNc2cc(C)nc(N3c4ccccc4CC3C)n2)c1. The predicted octanol–water partition coefficient (Wildman–Crippen LogP) is 4.79. The lowest BCUT2D eigenvalue weighted by Gasteiger charge is -2.23. The molecule has 1 aliphatic rings. The normalized spacial score (nSPS) is 15.8. The second-order valence-corrected chi connectivity index (χ2v) is 7.09. The summed E-state index contributed by atoms with van der Waals surface area (Å²) in [6.07, 6.45) is 1.03. The standard InChI is InChI=1S/C22H24N4/c1-15-7-6-8-18(11-15)14-23-21-12-16(2)24-22(25-21)26-17(3)13-19-9-4-5-10-20(19)26/h4-12,17H,13-14H2,1-3H3,(H,23,24,25). The van der Waals surface area contributed by atoms with Crippen molar-refractivity contribution in [2.45, 2.75) is 39.8 Å². The number of nitrogens with zero attached hydrogens (tertiary/aromatic N) is 3. The van der Waals surface area contributed by atoms with Crippen LogP contribution in [0.5, 0.6) is 0 Å². The highest BCUT2D eigenvalue weighted by molar-refractivity contribution is 5.67. The summed E-state index contributed by atoms with van der Waals surface area (Å²) in [4.78, 5) is 11.8. The van der Waals surface area contributed by atoms with E-state index >= 15 is 0 Å². The fourth-order valence-electron chi connectivity index (χ4n) is 3.64. The van der Waals surface area contributed by atoms with Crippen LogP contribution in [0.25, 0.3) is 0 Å². The lowest BCUT2D eigenvalue weighted by molar-refractivity contribution is 0.738. The summed E-state index contributed by atoms with van der Waals surface area (Å²) in [6, 6.07) is 19.4. The van der Waals surface area contributed by atoms with Gasteiger partial charge in [0.1, 0.15) is 5.82 Å². The highest BCUT2D eigenvalue weighted by Gasteiger charge is 2.28. The van der Waals surface area contributed by atoms with Gasteiger partial charge in [-0.2, -0.15) is 4.98 Å². The van der Waals surface area contributed by atoms with E-state index in [1.165, 1.54) is 22.4 Å². The summed E-state index contributed by atoms with van der Waals surface area (Å²) < 4.78 is 0. The van der Waals surface area contributed by atoms with E-state index in [-0.39, 0.29) is 0 Å². The first-order chi connectivity index (χ1) is 12.6. The monoisotopic (exact) mass is 344 g/mol. The number of aryl methyl sites for hydroxylation is 2. The van der Waals surface area contributed by atoms with Gasteiger partial charge in [0.2, 0.25) is 5.95 Å². The Balaban J connectivity index is 1.61. The van der Waals surface area contributed by atoms with Gasteiger partial charge in [-0.05, 0) is 44.4 Å². The summed E-state index contributed by atoms with van der Waals surface area (Å²) in [5.74, 6) is 1.64. The lowest BCUT2D eigenvalue weighted by Crippen LogP contribution is -2.26. The zero-order valence-corrected chi connectivity index (χ0v) is 15.5. The van der Waals surface area contributed by atoms with E-state index in [1.807, 2.05) is 13.0 Å². The molecule has 0 radical (unpaired) electrons. The average molecular weight is 344 g/mol. The van der Waals surface area contributed by atoms with Crippen molar-refractivity contribution in [3.8, 4) is 0 Å². The maximum atomic E-state index is 4.81. The van der Waals surface area contributed by atoms with E-state index in [4.69, 9.17) is 9.97 Å². The van der Waals surface area contributed by atoms with Crippen molar-refractivity contribution < 1.29 is 0 Å². The van der Waals surface area contributed by atoms with Crippen molar-refractivity contribution in [2.24, 2.45) is 0 Å². The molecule has 4 rings (SSSR count). The van der Waals surface area contributed by atoms with E-state index in [0.29, 0.717) is 6.04 Å². The van der Waals surface area contributed by atoms with Gasteiger partial charge in [0.05, 0.1) is 0 Å². The van der Waals surface area contributed by atoms with Gasteiger partial charge in [0.25, 0.3) is 0 Å². The molecule has 0 saturated heterocycles. The molecule has 1 aliphatic heterocycles. The van der Waals surface area contributed by atoms with E-state index in [2.05, 4.69) is 72.6 Å². The largest absolute Gasteiger partial charge is 0.366 e. The van der Waals surface area contributed by atoms with Gasteiger partial charge in [0, 0.05) is 30.0 Å². The summed E-state index contributed by atoms with van der Waals surface area (Å²) in [5, 5.41) is 3.45. The molecule has 4 heteroatoms. The van der Waals surface area contributed by atoms with Crippen LogP contribution in [-0.2, 0) is 13.0 Å². The summed E-state index contributed by atoms with van der Waals surface area (Å²) in [5.41, 5.74) is 6.07. The molecule has 0 amide bonds. The molecule has 1 N–H and O–H groups in total. The fourth-order valence-corrected chi connectivity index (χ4v) is 3.64. The molecule has 0 fully saturated rings. The number of nitrogens with one attached hydrogen (secondary N) is 1. The smallest absolute Gasteiger partial charge is 0.232 e. The third-order valence-corrected chi connectivity index (χ3v) is 4.82. The molecule has 3 aromatic rings. The van der Waals surface area contributed by atoms with Gasteiger partial charge in [-0.25, -0.2) is 4.98 Å². The van der Waals surface area contributed by atoms with Crippen LogP contribution in [0.4, 0.5) is 17.5 Å². The molecule has 132 valence electrons. The van der Waals surface area contributed by atoms with Gasteiger partial charge < -0.3 is 10.2 Å². The van der Waals surface area contributed by atoms with Gasteiger partial charge in [-0.1, -0.05) is 48.0 Å². The van der Waals surface area contributed by atoms with Crippen molar-refractivity contribution in [2.75, 3.05) is 10.2 Å². The van der Waals surface area contributed by atoms with Gasteiger partial charge in [0.15, 0.2) is 0 Å². The van der Waals surface area contributed by atoms with Crippen LogP contribution in [-0.4, -0.2) is 16.0 Å². The minimum atomic E-state index is 0.360. The molecule has 0 aliphatic carbocycles. The van der Waals surface area contributed by atoms with Crippen LogP contribution in [0, 0.1) is 13.8 Å². The van der Waals surface area contributed by atoms with E-state index in [1.54, 1.807) is 0 Å². The molecule has 2 aromatic carbocycles. The quantitative estimate of drug-likeness (QED) is 0.739. The Morgan fingerprint density at radius 3 is 2.73 bits per heavy atom. The highest BCUT2D eigenvalue weighted by atomic mass is 15.3. The number of para-hydroxylation sites is 1. The third-order valence-electron chi connectivity index (χ3n) is 4.82. The second kappa shape index (κ2) is 6.79. The molecular formula is C22H24N4. The Bertz CT molecular complexity index is 935. The molecule has 2 heterocycles. The van der Waals surface area contributed by atoms with E-state index in [0.717, 1.165) is 30.4 Å². The zero-order valence-electron chi connectivity index (χ0n) is 15.5. The Hall–Kier alpha value is -2.88. The predicted molar refractivity (Wildman–Crippen MR) is 107 cm³/mol. The van der Waals surface area contributed by atoms with E-state index in [9.17, 15) is 0 Å². The molecule has 26 heavy (non-hydrogen) atoms. The van der Waals surface area contributed by atoms with Crippen LogP contribution in [0.15, 0.2) is 54.6 Å². The van der Waals surface area contributed by atoms with Crippen LogP contribution in [0.1, 0.15) is 29.3 Å². The number of aromatic nitrogens is 2. The maximum Gasteiger partial charge on any atom is 0.232 e. The first kappa shape index (κ1) is 16.6. The first-order valence-corrected chi connectivity index (χ1v) is 9.12. The average Bonchev–Trinajstić information content (AvgIpc) is 2.95. The number of hydrogen-bond acceptors (Lipinski definition) is 4. The van der Waals surface area contributed by atoms with Crippen molar-refractivity contribution in [1.29, 1.82) is 0 Å². The molecule has 0 bridgehead atoms. The summed E-state index contributed by atoms with van der Waals surface area (Å²) in [6.45, 7) is 7.12. The molecular weight excluding hydrogens is 320 g/mol. The third kappa shape index (κ3) is 3.27. The van der Waals surface area contributed by atoms with Crippen molar-refractivity contribution in [1.82, 2.24) is 9.97 Å². The van der Waals surface area contributed by atoms with Crippen LogP contribution in [0.3, 0.4) is 0 Å². The molecule has 1 unspecified atom stereocenters. The van der Waals surface area contributed by atoms with Gasteiger partial charge >= 0.3 is 0 Å². The zero-order chi connectivity index (χ0) is 18.1. The van der Waals surface area contributed by atoms with Gasteiger partial charge in [-0.3, -0.25) is 0 Å². The fraction of sp³-hybridized carbons (Fsp3) is 0.273. The topological polar surface area (TPSA) is 41.1 Å². The molecule has 1 atom stereocenters. The second-order valence-electron chi connectivity index (χ2n) is 7.09. The number of hydrogen-bond donors (Lipinski definition) is 1. The Morgan fingerprint density at radius 2 is 1.88 bits per heavy atom. The number of anilines is 3. The lowest BCUT2D eigenvalue weighted by atomic mass is 10.1. The molecule has 1 aromatic heterocycles. The first-order valence-electron chi connectivity index (χ1n) is 9.12. The van der Waals surface area contributed by atoms with Crippen LogP contribution < -0.4 is 10.2 Å². The minimum absolute atomic E-state index is 0.360. The van der Waals surface area contributed by atoms with Gasteiger partial charge in [-0.15, -0.1) is 0 Å². The molecule has 0 saturated carbocycles. The Labute approximate surface area is 154 Å². The number of fused-ring (bicyclic) bond motifs is 1. The number of rotatable bonds is 4. The minimum Gasteiger partial charge on any atom is -0.366 e. The number of benzene rings is 2. The molecule has 4 nitrogen and oxygen atoms in total.